The molecule has 0 unspecified atom stereocenters. The van der Waals surface area contributed by atoms with Crippen LogP contribution in [0.25, 0.3) is 0 Å². The van der Waals surface area contributed by atoms with E-state index in [9.17, 15) is 14.4 Å². The first kappa shape index (κ1) is 18.6. The van der Waals surface area contributed by atoms with Crippen LogP contribution in [-0.4, -0.2) is 52.1 Å². The maximum absolute atomic E-state index is 12.4. The summed E-state index contributed by atoms with van der Waals surface area (Å²) in [6, 6.07) is 11.5. The van der Waals surface area contributed by atoms with E-state index in [-0.39, 0.29) is 12.5 Å². The van der Waals surface area contributed by atoms with Gasteiger partial charge in [0.2, 0.25) is 5.91 Å². The lowest BCUT2D eigenvalue weighted by molar-refractivity contribution is -0.157. The summed E-state index contributed by atoms with van der Waals surface area (Å²) in [6.07, 6.45) is 3.32. The second-order valence-electron chi connectivity index (χ2n) is 6.58. The molecule has 0 spiro atoms. The highest BCUT2D eigenvalue weighted by atomic mass is 16.2. The van der Waals surface area contributed by atoms with Crippen molar-refractivity contribution in [3.05, 3.63) is 65.5 Å². The van der Waals surface area contributed by atoms with E-state index in [1.54, 1.807) is 18.5 Å². The number of benzene rings is 1. The van der Waals surface area contributed by atoms with E-state index in [4.69, 9.17) is 0 Å². The SMILES string of the molecule is Cc1cccc(CN2CCN(CC(=O)NCc3cccnc3)C(=O)C2=O)c1. The van der Waals surface area contributed by atoms with Gasteiger partial charge in [-0.15, -0.1) is 0 Å². The molecule has 0 atom stereocenters. The molecule has 1 fully saturated rings. The Morgan fingerprint density at radius 2 is 1.81 bits per heavy atom. The summed E-state index contributed by atoms with van der Waals surface area (Å²) in [7, 11) is 0. The van der Waals surface area contributed by atoms with Gasteiger partial charge in [0.1, 0.15) is 6.54 Å². The summed E-state index contributed by atoms with van der Waals surface area (Å²) in [5.74, 6) is -1.50. The number of aromatic nitrogens is 1. The largest absolute Gasteiger partial charge is 0.350 e. The van der Waals surface area contributed by atoms with Crippen molar-refractivity contribution in [2.75, 3.05) is 19.6 Å². The van der Waals surface area contributed by atoms with Gasteiger partial charge >= 0.3 is 11.8 Å². The zero-order chi connectivity index (χ0) is 19.2. The molecule has 2 aromatic rings. The third-order valence-corrected chi connectivity index (χ3v) is 4.40. The topological polar surface area (TPSA) is 82.6 Å². The van der Waals surface area contributed by atoms with E-state index in [0.717, 1.165) is 16.7 Å². The number of carbonyl (C=O) groups excluding carboxylic acids is 3. The van der Waals surface area contributed by atoms with E-state index in [2.05, 4.69) is 10.3 Å². The van der Waals surface area contributed by atoms with Gasteiger partial charge in [0.25, 0.3) is 0 Å². The Labute approximate surface area is 158 Å². The fraction of sp³-hybridized carbons (Fsp3) is 0.300. The summed E-state index contributed by atoms with van der Waals surface area (Å²) in [6.45, 7) is 3.35. The number of pyridine rings is 1. The first-order valence-electron chi connectivity index (χ1n) is 8.82. The number of rotatable bonds is 6. The second-order valence-corrected chi connectivity index (χ2v) is 6.58. The van der Waals surface area contributed by atoms with Crippen LogP contribution in [0.2, 0.25) is 0 Å². The molecule has 7 nitrogen and oxygen atoms in total. The molecule has 140 valence electrons. The monoisotopic (exact) mass is 366 g/mol. The van der Waals surface area contributed by atoms with Crippen LogP contribution in [0.4, 0.5) is 0 Å². The van der Waals surface area contributed by atoms with Crippen molar-refractivity contribution < 1.29 is 14.4 Å². The summed E-state index contributed by atoms with van der Waals surface area (Å²) in [5.41, 5.74) is 2.96. The van der Waals surface area contributed by atoms with Gasteiger partial charge in [0.15, 0.2) is 0 Å². The van der Waals surface area contributed by atoms with Crippen LogP contribution in [0.15, 0.2) is 48.8 Å². The Kier molecular flexibility index (Phi) is 5.80. The first-order chi connectivity index (χ1) is 13.0. The molecule has 1 saturated heterocycles. The molecule has 1 aromatic heterocycles. The maximum atomic E-state index is 12.4. The summed E-state index contributed by atoms with van der Waals surface area (Å²) in [4.78, 5) is 43.6. The molecule has 27 heavy (non-hydrogen) atoms. The van der Waals surface area contributed by atoms with Crippen LogP contribution in [0.1, 0.15) is 16.7 Å². The van der Waals surface area contributed by atoms with Crippen LogP contribution in [0.3, 0.4) is 0 Å². The Hall–Kier alpha value is -3.22. The standard InChI is InChI=1S/C20H22N4O3/c1-15-4-2-5-16(10-15)13-23-8-9-24(20(27)19(23)26)14-18(25)22-12-17-6-3-7-21-11-17/h2-7,10-11H,8-9,12-14H2,1H3,(H,22,25). The molecule has 1 aromatic carbocycles. The number of hydrogen-bond donors (Lipinski definition) is 1. The molecule has 1 aliphatic heterocycles. The Balaban J connectivity index is 1.51. The fourth-order valence-electron chi connectivity index (χ4n) is 2.98. The molecule has 7 heteroatoms. The quantitative estimate of drug-likeness (QED) is 0.770. The molecule has 1 N–H and O–H groups in total. The predicted octanol–water partition coefficient (Wildman–Crippen LogP) is 0.877. The van der Waals surface area contributed by atoms with Crippen LogP contribution >= 0.6 is 0 Å². The number of nitrogens with zero attached hydrogens (tertiary/aromatic N) is 3. The van der Waals surface area contributed by atoms with Gasteiger partial charge < -0.3 is 15.1 Å². The van der Waals surface area contributed by atoms with Gasteiger partial charge in [-0.3, -0.25) is 19.4 Å². The van der Waals surface area contributed by atoms with Crippen LogP contribution in [-0.2, 0) is 27.5 Å². The minimum Gasteiger partial charge on any atom is -0.350 e. The predicted molar refractivity (Wildman–Crippen MR) is 99.3 cm³/mol. The van der Waals surface area contributed by atoms with Crippen LogP contribution in [0, 0.1) is 6.92 Å². The third kappa shape index (κ3) is 4.91. The third-order valence-electron chi connectivity index (χ3n) is 4.40. The second kappa shape index (κ2) is 8.44. The average molecular weight is 366 g/mol. The highest BCUT2D eigenvalue weighted by Gasteiger charge is 2.33. The van der Waals surface area contributed by atoms with Gasteiger partial charge in [-0.2, -0.15) is 0 Å². The zero-order valence-corrected chi connectivity index (χ0v) is 15.2. The van der Waals surface area contributed by atoms with Crippen molar-refractivity contribution >= 4 is 17.7 Å². The van der Waals surface area contributed by atoms with Gasteiger partial charge in [-0.05, 0) is 24.1 Å². The molecule has 0 saturated carbocycles. The maximum Gasteiger partial charge on any atom is 0.312 e. The molecule has 0 bridgehead atoms. The molecular weight excluding hydrogens is 344 g/mol. The van der Waals surface area contributed by atoms with Crippen molar-refractivity contribution in [1.82, 2.24) is 20.1 Å². The normalized spacial score (nSPS) is 14.4. The molecule has 2 heterocycles. The lowest BCUT2D eigenvalue weighted by Gasteiger charge is -2.33. The van der Waals surface area contributed by atoms with E-state index < -0.39 is 11.8 Å². The van der Waals surface area contributed by atoms with Crippen molar-refractivity contribution in [2.24, 2.45) is 0 Å². The number of aryl methyl sites for hydroxylation is 1. The number of nitrogens with one attached hydrogen (secondary N) is 1. The lowest BCUT2D eigenvalue weighted by Crippen LogP contribution is -2.55. The van der Waals surface area contributed by atoms with Crippen LogP contribution < -0.4 is 5.32 Å². The minimum atomic E-state index is -0.634. The van der Waals surface area contributed by atoms with E-state index in [0.29, 0.717) is 26.2 Å². The van der Waals surface area contributed by atoms with Crippen molar-refractivity contribution in [3.63, 3.8) is 0 Å². The number of hydrogen-bond acceptors (Lipinski definition) is 4. The fourth-order valence-corrected chi connectivity index (χ4v) is 2.98. The molecular formula is C20H22N4O3. The lowest BCUT2D eigenvalue weighted by atomic mass is 10.1. The van der Waals surface area contributed by atoms with E-state index in [1.165, 1.54) is 9.80 Å². The number of amides is 3. The van der Waals surface area contributed by atoms with Gasteiger partial charge in [0, 0.05) is 38.6 Å². The average Bonchev–Trinajstić information content (AvgIpc) is 2.67. The number of piperazine rings is 1. The molecule has 0 radical (unpaired) electrons. The number of carbonyl (C=O) groups is 3. The van der Waals surface area contributed by atoms with Crippen LogP contribution in [0.5, 0.6) is 0 Å². The minimum absolute atomic E-state index is 0.122. The van der Waals surface area contributed by atoms with Crippen molar-refractivity contribution in [3.8, 4) is 0 Å². The van der Waals surface area contributed by atoms with E-state index in [1.807, 2.05) is 37.3 Å². The molecule has 1 aliphatic rings. The Bertz CT molecular complexity index is 838. The highest BCUT2D eigenvalue weighted by molar-refractivity contribution is 6.35. The summed E-state index contributed by atoms with van der Waals surface area (Å²) < 4.78 is 0. The summed E-state index contributed by atoms with van der Waals surface area (Å²) in [5, 5.41) is 2.74. The van der Waals surface area contributed by atoms with Gasteiger partial charge in [0.05, 0.1) is 0 Å². The zero-order valence-electron chi connectivity index (χ0n) is 15.2. The Morgan fingerprint density at radius 3 is 2.56 bits per heavy atom. The van der Waals surface area contributed by atoms with Gasteiger partial charge in [-0.1, -0.05) is 35.9 Å². The highest BCUT2D eigenvalue weighted by Crippen LogP contribution is 2.12. The van der Waals surface area contributed by atoms with Gasteiger partial charge in [-0.25, -0.2) is 0 Å². The smallest absolute Gasteiger partial charge is 0.312 e. The molecule has 0 aliphatic carbocycles. The Morgan fingerprint density at radius 1 is 1.07 bits per heavy atom. The van der Waals surface area contributed by atoms with Crippen molar-refractivity contribution in [2.45, 2.75) is 20.0 Å². The first-order valence-corrected chi connectivity index (χ1v) is 8.82. The van der Waals surface area contributed by atoms with Crippen molar-refractivity contribution in [1.29, 1.82) is 0 Å². The van der Waals surface area contributed by atoms with E-state index >= 15 is 0 Å². The summed E-state index contributed by atoms with van der Waals surface area (Å²) >= 11 is 0. The molecule has 3 amide bonds. The molecule has 3 rings (SSSR count).